The summed E-state index contributed by atoms with van der Waals surface area (Å²) in [7, 11) is 0. The standard InChI is InChI=1S/C24H27N3O4/c1-24(2,3)31-23(30)26-14-12-25(13-15-26)21(28)19-11-7-8-17-16-27(22(29)20(17)19)18-9-5-4-6-10-18/h4-11H,12-16H2,1-3H3. The topological polar surface area (TPSA) is 70.2 Å². The Balaban J connectivity index is 1.48. The number of piperazine rings is 1. The molecule has 2 heterocycles. The van der Waals surface area contributed by atoms with Crippen molar-refractivity contribution in [3.63, 3.8) is 0 Å². The highest BCUT2D eigenvalue weighted by atomic mass is 16.6. The van der Waals surface area contributed by atoms with Crippen LogP contribution in [-0.4, -0.2) is 59.5 Å². The first-order valence-corrected chi connectivity index (χ1v) is 10.5. The lowest BCUT2D eigenvalue weighted by atomic mass is 10.0. The Morgan fingerprint density at radius 1 is 0.871 bits per heavy atom. The van der Waals surface area contributed by atoms with Crippen molar-refractivity contribution in [1.82, 2.24) is 9.80 Å². The fourth-order valence-electron chi connectivity index (χ4n) is 3.95. The average molecular weight is 421 g/mol. The Morgan fingerprint density at radius 3 is 2.16 bits per heavy atom. The quantitative estimate of drug-likeness (QED) is 0.744. The van der Waals surface area contributed by atoms with Crippen molar-refractivity contribution in [1.29, 1.82) is 0 Å². The highest BCUT2D eigenvalue weighted by Gasteiger charge is 2.35. The van der Waals surface area contributed by atoms with Gasteiger partial charge in [0.2, 0.25) is 0 Å². The Kier molecular flexibility index (Phi) is 5.43. The fourth-order valence-corrected chi connectivity index (χ4v) is 3.95. The number of rotatable bonds is 2. The lowest BCUT2D eigenvalue weighted by molar-refractivity contribution is 0.0141. The molecule has 2 aliphatic heterocycles. The van der Waals surface area contributed by atoms with Crippen LogP contribution in [0.15, 0.2) is 48.5 Å². The number of ether oxygens (including phenoxy) is 1. The monoisotopic (exact) mass is 421 g/mol. The molecule has 0 unspecified atom stereocenters. The summed E-state index contributed by atoms with van der Waals surface area (Å²) < 4.78 is 5.42. The van der Waals surface area contributed by atoms with Crippen molar-refractivity contribution in [2.75, 3.05) is 31.1 Å². The number of benzene rings is 2. The Labute approximate surface area is 182 Å². The van der Waals surface area contributed by atoms with E-state index in [-0.39, 0.29) is 17.9 Å². The van der Waals surface area contributed by atoms with E-state index in [2.05, 4.69) is 0 Å². The minimum atomic E-state index is -0.556. The van der Waals surface area contributed by atoms with Crippen LogP contribution in [0.2, 0.25) is 0 Å². The van der Waals surface area contributed by atoms with E-state index in [0.717, 1.165) is 11.3 Å². The van der Waals surface area contributed by atoms with Gasteiger partial charge < -0.3 is 19.4 Å². The predicted molar refractivity (Wildman–Crippen MR) is 117 cm³/mol. The van der Waals surface area contributed by atoms with Crippen molar-refractivity contribution < 1.29 is 19.1 Å². The maximum Gasteiger partial charge on any atom is 0.410 e. The summed E-state index contributed by atoms with van der Waals surface area (Å²) in [5.41, 5.74) is 2.01. The summed E-state index contributed by atoms with van der Waals surface area (Å²) >= 11 is 0. The van der Waals surface area contributed by atoms with Gasteiger partial charge in [-0.3, -0.25) is 9.59 Å². The molecule has 0 aliphatic carbocycles. The molecular weight excluding hydrogens is 394 g/mol. The van der Waals surface area contributed by atoms with E-state index >= 15 is 0 Å². The smallest absolute Gasteiger partial charge is 0.410 e. The van der Waals surface area contributed by atoms with Crippen molar-refractivity contribution in [2.24, 2.45) is 0 Å². The van der Waals surface area contributed by atoms with Gasteiger partial charge in [-0.25, -0.2) is 4.79 Å². The Morgan fingerprint density at radius 2 is 1.52 bits per heavy atom. The third-order valence-corrected chi connectivity index (χ3v) is 5.46. The predicted octanol–water partition coefficient (Wildman–Crippen LogP) is 3.54. The molecule has 0 saturated carbocycles. The van der Waals surface area contributed by atoms with E-state index < -0.39 is 5.60 Å². The van der Waals surface area contributed by atoms with Crippen LogP contribution in [-0.2, 0) is 11.3 Å². The minimum Gasteiger partial charge on any atom is -0.444 e. The molecular formula is C24H27N3O4. The second-order valence-corrected chi connectivity index (χ2v) is 8.83. The molecule has 4 rings (SSSR count). The minimum absolute atomic E-state index is 0.155. The van der Waals surface area contributed by atoms with Crippen LogP contribution < -0.4 is 4.90 Å². The number of fused-ring (bicyclic) bond motifs is 1. The largest absolute Gasteiger partial charge is 0.444 e. The van der Waals surface area contributed by atoms with Gasteiger partial charge in [0.05, 0.1) is 17.7 Å². The maximum absolute atomic E-state index is 13.3. The summed E-state index contributed by atoms with van der Waals surface area (Å²) in [6, 6.07) is 14.9. The average Bonchev–Trinajstić information content (AvgIpc) is 3.09. The van der Waals surface area contributed by atoms with Crippen molar-refractivity contribution in [3.05, 3.63) is 65.2 Å². The van der Waals surface area contributed by atoms with E-state index in [9.17, 15) is 14.4 Å². The molecule has 3 amide bonds. The molecule has 7 heteroatoms. The van der Waals surface area contributed by atoms with Crippen molar-refractivity contribution in [2.45, 2.75) is 32.9 Å². The van der Waals surface area contributed by atoms with Crippen LogP contribution in [0.25, 0.3) is 0 Å². The zero-order valence-electron chi connectivity index (χ0n) is 18.1. The number of para-hydroxylation sites is 1. The van der Waals surface area contributed by atoms with Gasteiger partial charge in [0, 0.05) is 31.9 Å². The summed E-state index contributed by atoms with van der Waals surface area (Å²) in [5, 5.41) is 0. The molecule has 0 aromatic heterocycles. The molecule has 2 aromatic carbocycles. The first kappa shape index (κ1) is 20.9. The van der Waals surface area contributed by atoms with Gasteiger partial charge >= 0.3 is 6.09 Å². The first-order chi connectivity index (χ1) is 14.7. The molecule has 0 atom stereocenters. The van der Waals surface area contributed by atoms with Gasteiger partial charge in [-0.1, -0.05) is 30.3 Å². The third-order valence-electron chi connectivity index (χ3n) is 5.46. The van der Waals surface area contributed by atoms with Crippen LogP contribution >= 0.6 is 0 Å². The molecule has 0 bridgehead atoms. The molecule has 2 aliphatic rings. The zero-order valence-corrected chi connectivity index (χ0v) is 18.1. The number of carbonyl (C=O) groups is 3. The van der Waals surface area contributed by atoms with Gasteiger partial charge in [-0.15, -0.1) is 0 Å². The van der Waals surface area contributed by atoms with E-state index in [0.29, 0.717) is 43.9 Å². The van der Waals surface area contributed by atoms with Gasteiger partial charge in [-0.05, 0) is 44.5 Å². The number of hydrogen-bond acceptors (Lipinski definition) is 4. The van der Waals surface area contributed by atoms with Crippen LogP contribution in [0.4, 0.5) is 10.5 Å². The number of anilines is 1. The van der Waals surface area contributed by atoms with Crippen molar-refractivity contribution in [3.8, 4) is 0 Å². The molecule has 1 fully saturated rings. The van der Waals surface area contributed by atoms with Crippen molar-refractivity contribution >= 4 is 23.6 Å². The molecule has 162 valence electrons. The first-order valence-electron chi connectivity index (χ1n) is 10.5. The highest BCUT2D eigenvalue weighted by Crippen LogP contribution is 2.31. The third kappa shape index (κ3) is 4.26. The summed E-state index contributed by atoms with van der Waals surface area (Å²) in [4.78, 5) is 43.7. The number of nitrogens with zero attached hydrogens (tertiary/aromatic N) is 3. The molecule has 7 nitrogen and oxygen atoms in total. The van der Waals surface area contributed by atoms with Gasteiger partial charge in [0.15, 0.2) is 0 Å². The van der Waals surface area contributed by atoms with Crippen LogP contribution in [0.3, 0.4) is 0 Å². The van der Waals surface area contributed by atoms with E-state index in [1.54, 1.807) is 20.8 Å². The van der Waals surface area contributed by atoms with E-state index in [4.69, 9.17) is 4.74 Å². The van der Waals surface area contributed by atoms with Gasteiger partial charge in [0.1, 0.15) is 5.60 Å². The SMILES string of the molecule is CC(C)(C)OC(=O)N1CCN(C(=O)c2cccc3c2C(=O)N(c2ccccc2)C3)CC1. The lowest BCUT2D eigenvalue weighted by Gasteiger charge is -2.35. The maximum atomic E-state index is 13.3. The molecule has 2 aromatic rings. The van der Waals surface area contributed by atoms with E-state index in [1.165, 1.54) is 0 Å². The highest BCUT2D eigenvalue weighted by molar-refractivity contribution is 6.16. The molecule has 0 N–H and O–H groups in total. The van der Waals surface area contributed by atoms with Gasteiger partial charge in [-0.2, -0.15) is 0 Å². The second kappa shape index (κ2) is 8.06. The number of carbonyl (C=O) groups excluding carboxylic acids is 3. The Bertz CT molecular complexity index is 1010. The van der Waals surface area contributed by atoms with Crippen LogP contribution in [0, 0.1) is 0 Å². The van der Waals surface area contributed by atoms with Gasteiger partial charge in [0.25, 0.3) is 11.8 Å². The van der Waals surface area contributed by atoms with Crippen LogP contribution in [0.5, 0.6) is 0 Å². The summed E-state index contributed by atoms with van der Waals surface area (Å²) in [5.74, 6) is -0.332. The second-order valence-electron chi connectivity index (χ2n) is 8.83. The summed E-state index contributed by atoms with van der Waals surface area (Å²) in [6.07, 6.45) is -0.367. The molecule has 0 radical (unpaired) electrons. The molecule has 31 heavy (non-hydrogen) atoms. The normalized spacial score (nSPS) is 16.4. The van der Waals surface area contributed by atoms with E-state index in [1.807, 2.05) is 63.2 Å². The molecule has 0 spiro atoms. The lowest BCUT2D eigenvalue weighted by Crippen LogP contribution is -2.51. The number of amides is 3. The number of hydrogen-bond donors (Lipinski definition) is 0. The van der Waals surface area contributed by atoms with Crippen LogP contribution in [0.1, 0.15) is 47.1 Å². The summed E-state index contributed by atoms with van der Waals surface area (Å²) in [6.45, 7) is 7.55. The Hall–Kier alpha value is -3.35. The fraction of sp³-hybridized carbons (Fsp3) is 0.375. The zero-order chi connectivity index (χ0) is 22.2. The molecule has 1 saturated heterocycles.